The van der Waals surface area contributed by atoms with Gasteiger partial charge in [0.15, 0.2) is 0 Å². The maximum atomic E-state index is 12.1. The monoisotopic (exact) mass is 269 g/mol. The quantitative estimate of drug-likeness (QED) is 0.861. The van der Waals surface area contributed by atoms with Crippen LogP contribution in [0.5, 0.6) is 0 Å². The van der Waals surface area contributed by atoms with Gasteiger partial charge in [-0.25, -0.2) is 18.3 Å². The highest BCUT2D eigenvalue weighted by Gasteiger charge is 2.09. The normalized spacial score (nSPS) is 16.4. The minimum absolute atomic E-state index is 0.188. The van der Waals surface area contributed by atoms with Gasteiger partial charge in [0, 0.05) is 6.20 Å². The molecule has 5 nitrogen and oxygen atoms in total. The smallest absolute Gasteiger partial charge is 0.280 e. The number of nitrogens with zero attached hydrogens (tertiary/aromatic N) is 4. The molecule has 2 aromatic heterocycles. The summed E-state index contributed by atoms with van der Waals surface area (Å²) in [6.45, 7) is 4.79. The zero-order valence-corrected chi connectivity index (χ0v) is 10.8. The van der Waals surface area contributed by atoms with E-state index in [2.05, 4.69) is 27.3 Å². The topological polar surface area (TPSA) is 55.1 Å². The lowest BCUT2D eigenvalue weighted by atomic mass is 10.0. The third kappa shape index (κ3) is 3.92. The van der Waals surface area contributed by atoms with Crippen molar-refractivity contribution in [2.24, 2.45) is 5.92 Å². The zero-order chi connectivity index (χ0) is 13.7. The van der Waals surface area contributed by atoms with Crippen LogP contribution in [0.15, 0.2) is 18.6 Å². The third-order valence-electron chi connectivity index (χ3n) is 3.02. The fraction of sp³-hybridized carbons (Fsp3) is 0.583. The Balaban J connectivity index is 0.000000163. The molecule has 1 fully saturated rings. The van der Waals surface area contributed by atoms with E-state index in [0.717, 1.165) is 5.92 Å². The molecule has 7 heteroatoms. The summed E-state index contributed by atoms with van der Waals surface area (Å²) in [6, 6.07) is 1.21. The van der Waals surface area contributed by atoms with Crippen LogP contribution in [0.3, 0.4) is 0 Å². The summed E-state index contributed by atoms with van der Waals surface area (Å²) in [5, 5.41) is 7.03. The molecule has 0 spiro atoms. The summed E-state index contributed by atoms with van der Waals surface area (Å²) in [5.74, 6) is 1.16. The van der Waals surface area contributed by atoms with E-state index in [1.165, 1.54) is 49.0 Å². The predicted octanol–water partition coefficient (Wildman–Crippen LogP) is 2.07. The van der Waals surface area contributed by atoms with E-state index in [-0.39, 0.29) is 11.5 Å². The van der Waals surface area contributed by atoms with Gasteiger partial charge in [-0.15, -0.1) is 0 Å². The van der Waals surface area contributed by atoms with Gasteiger partial charge in [-0.05, 0) is 37.9 Å². The van der Waals surface area contributed by atoms with Gasteiger partial charge in [0.1, 0.15) is 12.0 Å². The molecule has 1 aliphatic heterocycles. The molecule has 3 rings (SSSR count). The van der Waals surface area contributed by atoms with E-state index in [1.807, 2.05) is 0 Å². The second-order valence-electron chi connectivity index (χ2n) is 4.59. The molecule has 104 valence electrons. The fourth-order valence-corrected chi connectivity index (χ4v) is 1.82. The van der Waals surface area contributed by atoms with Crippen LogP contribution < -0.4 is 5.32 Å². The molecule has 1 saturated heterocycles. The summed E-state index contributed by atoms with van der Waals surface area (Å²) < 4.78 is 25.5. The molecule has 1 aliphatic rings. The van der Waals surface area contributed by atoms with Gasteiger partial charge in [-0.2, -0.15) is 10.1 Å². The first-order valence-corrected chi connectivity index (χ1v) is 6.32. The highest BCUT2D eigenvalue weighted by Crippen LogP contribution is 2.15. The van der Waals surface area contributed by atoms with Crippen molar-refractivity contribution in [2.75, 3.05) is 13.1 Å². The zero-order valence-electron chi connectivity index (χ0n) is 10.8. The van der Waals surface area contributed by atoms with E-state index in [0.29, 0.717) is 0 Å². The standard InChI is InChI=1S/C6H4F2N4.C6H13N/c7-5(8)4-1-2-12-6(11-4)9-3-10-12;1-6-2-4-7-5-3-6/h1-3,5H;6-7H,2-5H2,1H3. The fourth-order valence-electron chi connectivity index (χ4n) is 1.82. The Bertz CT molecular complexity index is 508. The number of piperidine rings is 1. The van der Waals surface area contributed by atoms with Crippen LogP contribution in [0, 0.1) is 5.92 Å². The van der Waals surface area contributed by atoms with Crippen LogP contribution in [-0.4, -0.2) is 32.7 Å². The largest absolute Gasteiger partial charge is 0.317 e. The average molecular weight is 269 g/mol. The number of rotatable bonds is 1. The lowest BCUT2D eigenvalue weighted by Gasteiger charge is -2.17. The number of aromatic nitrogens is 4. The molecule has 0 bridgehead atoms. The summed E-state index contributed by atoms with van der Waals surface area (Å²) in [7, 11) is 0. The number of hydrogen-bond acceptors (Lipinski definition) is 4. The lowest BCUT2D eigenvalue weighted by Crippen LogP contribution is -2.26. The van der Waals surface area contributed by atoms with Crippen LogP contribution in [0.1, 0.15) is 31.9 Å². The predicted molar refractivity (Wildman–Crippen MR) is 67.0 cm³/mol. The Kier molecular flexibility index (Phi) is 4.73. The maximum absolute atomic E-state index is 12.1. The van der Waals surface area contributed by atoms with E-state index < -0.39 is 6.43 Å². The van der Waals surface area contributed by atoms with Crippen molar-refractivity contribution in [3.05, 3.63) is 24.3 Å². The number of alkyl halides is 2. The first-order chi connectivity index (χ1) is 9.16. The highest BCUT2D eigenvalue weighted by molar-refractivity contribution is 5.26. The SMILES string of the molecule is CC1CCNCC1.FC(F)c1ccn2ncnc2n1. The van der Waals surface area contributed by atoms with Crippen molar-refractivity contribution in [3.63, 3.8) is 0 Å². The molecule has 0 aliphatic carbocycles. The minimum atomic E-state index is -2.56. The van der Waals surface area contributed by atoms with Crippen molar-refractivity contribution < 1.29 is 8.78 Å². The van der Waals surface area contributed by atoms with Gasteiger partial charge in [0.2, 0.25) is 0 Å². The van der Waals surface area contributed by atoms with E-state index in [4.69, 9.17) is 0 Å². The third-order valence-corrected chi connectivity index (χ3v) is 3.02. The molecule has 1 N–H and O–H groups in total. The van der Waals surface area contributed by atoms with Crippen LogP contribution in [0.4, 0.5) is 8.78 Å². The first kappa shape index (κ1) is 13.8. The van der Waals surface area contributed by atoms with E-state index in [1.54, 1.807) is 0 Å². The van der Waals surface area contributed by atoms with Crippen molar-refractivity contribution >= 4 is 5.78 Å². The Labute approximate surface area is 110 Å². The van der Waals surface area contributed by atoms with E-state index in [9.17, 15) is 8.78 Å². The van der Waals surface area contributed by atoms with Crippen LogP contribution in [0.2, 0.25) is 0 Å². The molecule has 0 saturated carbocycles. The van der Waals surface area contributed by atoms with Gasteiger partial charge >= 0.3 is 0 Å². The van der Waals surface area contributed by atoms with Crippen molar-refractivity contribution in [3.8, 4) is 0 Å². The Morgan fingerprint density at radius 1 is 1.37 bits per heavy atom. The number of hydrogen-bond donors (Lipinski definition) is 1. The maximum Gasteiger partial charge on any atom is 0.280 e. The molecule has 3 heterocycles. The Hall–Kier alpha value is -1.63. The Morgan fingerprint density at radius 2 is 2.11 bits per heavy atom. The number of nitrogens with one attached hydrogen (secondary N) is 1. The summed E-state index contributed by atoms with van der Waals surface area (Å²) in [6.07, 6.45) is 2.85. The Morgan fingerprint density at radius 3 is 2.68 bits per heavy atom. The summed E-state index contributed by atoms with van der Waals surface area (Å²) in [4.78, 5) is 7.24. The van der Waals surface area contributed by atoms with Gasteiger partial charge in [-0.1, -0.05) is 6.92 Å². The second-order valence-corrected chi connectivity index (χ2v) is 4.59. The number of halogens is 2. The highest BCUT2D eigenvalue weighted by atomic mass is 19.3. The number of fused-ring (bicyclic) bond motifs is 1. The molecular formula is C12H17F2N5. The minimum Gasteiger partial charge on any atom is -0.317 e. The molecular weight excluding hydrogens is 252 g/mol. The van der Waals surface area contributed by atoms with Crippen molar-refractivity contribution in [1.29, 1.82) is 0 Å². The molecule has 0 amide bonds. The van der Waals surface area contributed by atoms with Gasteiger partial charge < -0.3 is 5.32 Å². The molecule has 0 unspecified atom stereocenters. The summed E-state index contributed by atoms with van der Waals surface area (Å²) >= 11 is 0. The first-order valence-electron chi connectivity index (χ1n) is 6.32. The van der Waals surface area contributed by atoms with E-state index >= 15 is 0 Å². The molecule has 0 aromatic carbocycles. The summed E-state index contributed by atoms with van der Waals surface area (Å²) in [5.41, 5.74) is -0.282. The van der Waals surface area contributed by atoms with Crippen LogP contribution in [-0.2, 0) is 0 Å². The average Bonchev–Trinajstić information content (AvgIpc) is 2.87. The second kappa shape index (κ2) is 6.51. The lowest BCUT2D eigenvalue weighted by molar-refractivity contribution is 0.146. The molecule has 19 heavy (non-hydrogen) atoms. The van der Waals surface area contributed by atoms with Crippen LogP contribution in [0.25, 0.3) is 5.78 Å². The van der Waals surface area contributed by atoms with Gasteiger partial charge in [0.25, 0.3) is 12.2 Å². The van der Waals surface area contributed by atoms with Crippen molar-refractivity contribution in [2.45, 2.75) is 26.2 Å². The van der Waals surface area contributed by atoms with Crippen LogP contribution >= 0.6 is 0 Å². The molecule has 0 radical (unpaired) electrons. The van der Waals surface area contributed by atoms with Gasteiger partial charge in [-0.3, -0.25) is 0 Å². The van der Waals surface area contributed by atoms with Gasteiger partial charge in [0.05, 0.1) is 0 Å². The molecule has 2 aromatic rings. The van der Waals surface area contributed by atoms with Crippen molar-refractivity contribution in [1.82, 2.24) is 24.9 Å². The molecule has 0 atom stereocenters.